The van der Waals surface area contributed by atoms with Gasteiger partial charge in [0.05, 0.1) is 12.2 Å². The Kier molecular flexibility index (Phi) is 3.50. The maximum absolute atomic E-state index is 5.59. The molecule has 1 saturated heterocycles. The topological polar surface area (TPSA) is 62.9 Å². The van der Waals surface area contributed by atoms with Crippen molar-refractivity contribution in [3.05, 3.63) is 0 Å². The van der Waals surface area contributed by atoms with Crippen LogP contribution in [0.4, 0.5) is 0 Å². The SMILES string of the molecule is CN=C(NN)N1C[C@@H](C)O[C@@H](C)C1. The van der Waals surface area contributed by atoms with E-state index in [9.17, 15) is 0 Å². The number of guanidine groups is 1. The lowest BCUT2D eigenvalue weighted by Crippen LogP contribution is -2.53. The standard InChI is InChI=1S/C8H18N4O/c1-6-4-12(5-7(2)13-6)8(10-3)11-9/h6-7H,4-5,9H2,1-3H3,(H,10,11)/t6-,7+. The number of hydrogen-bond donors (Lipinski definition) is 2. The minimum atomic E-state index is 0.230. The second kappa shape index (κ2) is 4.43. The highest BCUT2D eigenvalue weighted by atomic mass is 16.5. The maximum Gasteiger partial charge on any atom is 0.208 e. The van der Waals surface area contributed by atoms with Crippen LogP contribution in [0.15, 0.2) is 4.99 Å². The van der Waals surface area contributed by atoms with Gasteiger partial charge in [-0.05, 0) is 13.8 Å². The van der Waals surface area contributed by atoms with E-state index >= 15 is 0 Å². The molecule has 0 saturated carbocycles. The zero-order valence-corrected chi connectivity index (χ0v) is 8.45. The molecular formula is C8H18N4O. The number of nitrogens with two attached hydrogens (primary N) is 1. The molecular weight excluding hydrogens is 168 g/mol. The van der Waals surface area contributed by atoms with E-state index in [2.05, 4.69) is 15.3 Å². The smallest absolute Gasteiger partial charge is 0.208 e. The number of morpholine rings is 1. The quantitative estimate of drug-likeness (QED) is 0.233. The van der Waals surface area contributed by atoms with E-state index in [-0.39, 0.29) is 12.2 Å². The summed E-state index contributed by atoms with van der Waals surface area (Å²) in [5.41, 5.74) is 2.58. The van der Waals surface area contributed by atoms with Crippen LogP contribution in [0.5, 0.6) is 0 Å². The van der Waals surface area contributed by atoms with Gasteiger partial charge in [-0.25, -0.2) is 5.84 Å². The van der Waals surface area contributed by atoms with Gasteiger partial charge in [0.2, 0.25) is 5.96 Å². The predicted octanol–water partition coefficient (Wildman–Crippen LogP) is -0.455. The van der Waals surface area contributed by atoms with Gasteiger partial charge in [-0.3, -0.25) is 10.4 Å². The Morgan fingerprint density at radius 1 is 1.46 bits per heavy atom. The van der Waals surface area contributed by atoms with Crippen LogP contribution in [0.25, 0.3) is 0 Å². The molecule has 1 heterocycles. The van der Waals surface area contributed by atoms with Crippen LogP contribution in [0.3, 0.4) is 0 Å². The van der Waals surface area contributed by atoms with Crippen molar-refractivity contribution in [3.63, 3.8) is 0 Å². The van der Waals surface area contributed by atoms with Crippen LogP contribution in [0.1, 0.15) is 13.8 Å². The fraction of sp³-hybridized carbons (Fsp3) is 0.875. The normalized spacial score (nSPS) is 30.5. The number of hydrazine groups is 1. The average Bonchev–Trinajstić information content (AvgIpc) is 2.04. The molecule has 76 valence electrons. The zero-order valence-electron chi connectivity index (χ0n) is 8.45. The minimum Gasteiger partial charge on any atom is -0.372 e. The summed E-state index contributed by atoms with van der Waals surface area (Å²) in [6, 6.07) is 0. The molecule has 0 aromatic carbocycles. The molecule has 0 aromatic rings. The van der Waals surface area contributed by atoms with Crippen LogP contribution in [-0.2, 0) is 4.74 Å². The Balaban J connectivity index is 2.59. The van der Waals surface area contributed by atoms with Gasteiger partial charge in [0.1, 0.15) is 0 Å². The van der Waals surface area contributed by atoms with Gasteiger partial charge in [-0.15, -0.1) is 0 Å². The van der Waals surface area contributed by atoms with Crippen LogP contribution < -0.4 is 11.3 Å². The predicted molar refractivity (Wildman–Crippen MR) is 52.3 cm³/mol. The second-order valence-corrected chi connectivity index (χ2v) is 3.35. The van der Waals surface area contributed by atoms with E-state index in [4.69, 9.17) is 10.6 Å². The van der Waals surface area contributed by atoms with Gasteiger partial charge in [-0.2, -0.15) is 0 Å². The molecule has 0 radical (unpaired) electrons. The summed E-state index contributed by atoms with van der Waals surface area (Å²) in [5, 5.41) is 0. The number of aliphatic imine (C=N–C) groups is 1. The summed E-state index contributed by atoms with van der Waals surface area (Å²) in [4.78, 5) is 6.15. The van der Waals surface area contributed by atoms with Gasteiger partial charge < -0.3 is 9.64 Å². The molecule has 0 aromatic heterocycles. The largest absolute Gasteiger partial charge is 0.372 e. The zero-order chi connectivity index (χ0) is 9.84. The Hall–Kier alpha value is -0.810. The van der Waals surface area contributed by atoms with Gasteiger partial charge in [0.15, 0.2) is 0 Å². The molecule has 3 N–H and O–H groups in total. The molecule has 13 heavy (non-hydrogen) atoms. The van der Waals surface area contributed by atoms with Crippen molar-refractivity contribution in [2.75, 3.05) is 20.1 Å². The van der Waals surface area contributed by atoms with Crippen LogP contribution in [0.2, 0.25) is 0 Å². The molecule has 2 atom stereocenters. The van der Waals surface area contributed by atoms with E-state index in [0.29, 0.717) is 0 Å². The lowest BCUT2D eigenvalue weighted by molar-refractivity contribution is -0.0489. The highest BCUT2D eigenvalue weighted by Crippen LogP contribution is 2.09. The van der Waals surface area contributed by atoms with Crippen LogP contribution >= 0.6 is 0 Å². The molecule has 0 aliphatic carbocycles. The summed E-state index contributed by atoms with van der Waals surface area (Å²) in [5.74, 6) is 6.07. The Labute approximate surface area is 78.9 Å². The van der Waals surface area contributed by atoms with Crippen molar-refractivity contribution in [2.45, 2.75) is 26.1 Å². The molecule has 5 heteroatoms. The van der Waals surface area contributed by atoms with Crippen LogP contribution in [-0.4, -0.2) is 43.2 Å². The lowest BCUT2D eigenvalue weighted by atomic mass is 10.2. The minimum absolute atomic E-state index is 0.230. The molecule has 1 aliphatic heterocycles. The average molecular weight is 186 g/mol. The number of ether oxygens (including phenoxy) is 1. The molecule has 5 nitrogen and oxygen atoms in total. The van der Waals surface area contributed by atoms with Crippen molar-refractivity contribution in [1.82, 2.24) is 10.3 Å². The highest BCUT2D eigenvalue weighted by Gasteiger charge is 2.23. The Bertz CT molecular complexity index is 185. The molecule has 1 fully saturated rings. The van der Waals surface area contributed by atoms with Crippen molar-refractivity contribution in [1.29, 1.82) is 0 Å². The Morgan fingerprint density at radius 2 is 2.00 bits per heavy atom. The number of nitrogens with zero attached hydrogens (tertiary/aromatic N) is 2. The molecule has 0 amide bonds. The third-order valence-electron chi connectivity index (χ3n) is 2.06. The van der Waals surface area contributed by atoms with Crippen molar-refractivity contribution >= 4 is 5.96 Å². The summed E-state index contributed by atoms with van der Waals surface area (Å²) in [6.07, 6.45) is 0.461. The molecule has 0 bridgehead atoms. The molecule has 0 spiro atoms. The summed E-state index contributed by atoms with van der Waals surface area (Å²) < 4.78 is 5.59. The van der Waals surface area contributed by atoms with Gasteiger partial charge >= 0.3 is 0 Å². The second-order valence-electron chi connectivity index (χ2n) is 3.35. The third kappa shape index (κ3) is 2.57. The number of rotatable bonds is 0. The van der Waals surface area contributed by atoms with E-state index in [1.54, 1.807) is 7.05 Å². The fourth-order valence-corrected chi connectivity index (χ4v) is 1.65. The lowest BCUT2D eigenvalue weighted by Gasteiger charge is -2.36. The van der Waals surface area contributed by atoms with Gasteiger partial charge in [0, 0.05) is 20.1 Å². The van der Waals surface area contributed by atoms with Crippen molar-refractivity contribution < 1.29 is 4.74 Å². The van der Waals surface area contributed by atoms with Gasteiger partial charge in [-0.1, -0.05) is 0 Å². The summed E-state index contributed by atoms with van der Waals surface area (Å²) in [7, 11) is 1.72. The summed E-state index contributed by atoms with van der Waals surface area (Å²) in [6.45, 7) is 5.77. The fourth-order valence-electron chi connectivity index (χ4n) is 1.65. The molecule has 0 unspecified atom stereocenters. The van der Waals surface area contributed by atoms with E-state index in [1.807, 2.05) is 13.8 Å². The first-order valence-corrected chi connectivity index (χ1v) is 4.51. The van der Waals surface area contributed by atoms with Crippen LogP contribution in [0, 0.1) is 0 Å². The molecule has 1 aliphatic rings. The Morgan fingerprint density at radius 3 is 2.38 bits per heavy atom. The maximum atomic E-state index is 5.59. The third-order valence-corrected chi connectivity index (χ3v) is 2.06. The highest BCUT2D eigenvalue weighted by molar-refractivity contribution is 5.79. The number of hydrogen-bond acceptors (Lipinski definition) is 3. The first-order valence-electron chi connectivity index (χ1n) is 4.51. The summed E-state index contributed by atoms with van der Waals surface area (Å²) >= 11 is 0. The van der Waals surface area contributed by atoms with Crippen molar-refractivity contribution in [3.8, 4) is 0 Å². The first kappa shape index (κ1) is 10.3. The van der Waals surface area contributed by atoms with E-state index in [0.717, 1.165) is 19.0 Å². The number of nitrogens with one attached hydrogen (secondary N) is 1. The molecule has 1 rings (SSSR count). The van der Waals surface area contributed by atoms with E-state index in [1.165, 1.54) is 0 Å². The van der Waals surface area contributed by atoms with Gasteiger partial charge in [0.25, 0.3) is 0 Å². The monoisotopic (exact) mass is 186 g/mol. The van der Waals surface area contributed by atoms with E-state index < -0.39 is 0 Å². The van der Waals surface area contributed by atoms with Crippen molar-refractivity contribution in [2.24, 2.45) is 10.8 Å². The first-order chi connectivity index (χ1) is 6.17.